The Morgan fingerprint density at radius 2 is 1.70 bits per heavy atom. The second-order valence-electron chi connectivity index (χ2n) is 11.0. The van der Waals surface area contributed by atoms with Gasteiger partial charge in [-0.3, -0.25) is 9.59 Å². The van der Waals surface area contributed by atoms with Crippen LogP contribution in [0.15, 0.2) is 102 Å². The van der Waals surface area contributed by atoms with Gasteiger partial charge in [-0.2, -0.15) is 0 Å². The van der Waals surface area contributed by atoms with Gasteiger partial charge >= 0.3 is 0 Å². The van der Waals surface area contributed by atoms with E-state index < -0.39 is 6.04 Å². The maximum Gasteiger partial charge on any atom is 0.247 e. The molecule has 0 aliphatic carbocycles. The minimum absolute atomic E-state index is 0.0715. The quantitative estimate of drug-likeness (QED) is 0.223. The molecule has 0 saturated heterocycles. The Labute approximate surface area is 256 Å². The molecular formula is C35H34N6O3. The van der Waals surface area contributed by atoms with Crippen LogP contribution in [0.25, 0.3) is 11.8 Å². The first-order valence-corrected chi connectivity index (χ1v) is 14.7. The number of fused-ring (bicyclic) bond motifs is 1. The predicted molar refractivity (Wildman–Crippen MR) is 166 cm³/mol. The molecule has 5 aromatic rings. The molecule has 3 heterocycles. The first kappa shape index (κ1) is 28.8. The summed E-state index contributed by atoms with van der Waals surface area (Å²) in [7, 11) is 0. The van der Waals surface area contributed by atoms with Crippen LogP contribution in [0.1, 0.15) is 39.6 Å². The highest BCUT2D eigenvalue weighted by molar-refractivity contribution is 5.95. The number of carbonyl (C=O) groups is 2. The molecule has 222 valence electrons. The minimum Gasteiger partial charge on any atom is -0.446 e. The number of rotatable bonds is 9. The first-order chi connectivity index (χ1) is 21.4. The van der Waals surface area contributed by atoms with E-state index in [0.29, 0.717) is 36.9 Å². The summed E-state index contributed by atoms with van der Waals surface area (Å²) in [6.45, 7) is 4.94. The molecule has 2 amide bonds. The van der Waals surface area contributed by atoms with Crippen LogP contribution in [0.2, 0.25) is 0 Å². The highest BCUT2D eigenvalue weighted by atomic mass is 16.4. The number of amides is 2. The summed E-state index contributed by atoms with van der Waals surface area (Å²) < 4.78 is 7.23. The minimum atomic E-state index is -0.727. The summed E-state index contributed by atoms with van der Waals surface area (Å²) in [5.41, 5.74) is 5.71. The van der Waals surface area contributed by atoms with Crippen molar-refractivity contribution in [1.29, 1.82) is 0 Å². The van der Waals surface area contributed by atoms with Crippen molar-refractivity contribution in [3.05, 3.63) is 137 Å². The van der Waals surface area contributed by atoms with Crippen molar-refractivity contribution in [2.45, 2.75) is 45.8 Å². The van der Waals surface area contributed by atoms with Crippen molar-refractivity contribution >= 4 is 17.9 Å². The van der Waals surface area contributed by atoms with Gasteiger partial charge in [0, 0.05) is 39.1 Å². The van der Waals surface area contributed by atoms with Crippen molar-refractivity contribution in [1.82, 2.24) is 29.8 Å². The molecule has 1 aliphatic heterocycles. The van der Waals surface area contributed by atoms with E-state index in [2.05, 4.69) is 27.4 Å². The number of aromatic nitrogens is 4. The molecule has 3 aromatic carbocycles. The van der Waals surface area contributed by atoms with Crippen LogP contribution in [0.4, 0.5) is 0 Å². The number of hydrogen-bond donors (Lipinski definition) is 0. The Balaban J connectivity index is 1.35. The molecule has 1 aliphatic rings. The lowest BCUT2D eigenvalue weighted by Crippen LogP contribution is -2.52. The number of carbonyl (C=O) groups excluding carboxylic acids is 2. The maximum absolute atomic E-state index is 14.5. The molecule has 2 aromatic heterocycles. The largest absolute Gasteiger partial charge is 0.446 e. The monoisotopic (exact) mass is 586 g/mol. The topological polar surface area (TPSA) is 97.4 Å². The summed E-state index contributed by atoms with van der Waals surface area (Å²) in [6, 6.07) is 25.1. The van der Waals surface area contributed by atoms with Crippen LogP contribution in [0.5, 0.6) is 0 Å². The molecule has 0 N–H and O–H groups in total. The number of nitrogens with zero attached hydrogens (tertiary/aromatic N) is 6. The molecule has 1 atom stereocenters. The van der Waals surface area contributed by atoms with Gasteiger partial charge in [0.15, 0.2) is 5.89 Å². The van der Waals surface area contributed by atoms with E-state index >= 15 is 0 Å². The number of oxazole rings is 1. The van der Waals surface area contributed by atoms with Crippen molar-refractivity contribution < 1.29 is 14.0 Å². The van der Waals surface area contributed by atoms with Crippen LogP contribution in [-0.2, 0) is 35.5 Å². The van der Waals surface area contributed by atoms with Gasteiger partial charge in [-0.05, 0) is 53.8 Å². The fourth-order valence-electron chi connectivity index (χ4n) is 5.65. The van der Waals surface area contributed by atoms with E-state index in [1.54, 1.807) is 35.0 Å². The summed E-state index contributed by atoms with van der Waals surface area (Å²) in [6.07, 6.45) is 7.71. The van der Waals surface area contributed by atoms with E-state index in [1.165, 1.54) is 11.6 Å². The lowest BCUT2D eigenvalue weighted by molar-refractivity contribution is -0.144. The third-order valence-corrected chi connectivity index (χ3v) is 7.96. The second kappa shape index (κ2) is 12.9. The molecule has 6 rings (SSSR count). The van der Waals surface area contributed by atoms with Crippen LogP contribution in [0.3, 0.4) is 0 Å². The van der Waals surface area contributed by atoms with Gasteiger partial charge in [0.2, 0.25) is 11.8 Å². The predicted octanol–water partition coefficient (Wildman–Crippen LogP) is 5.11. The Kier molecular flexibility index (Phi) is 8.45. The molecule has 1 unspecified atom stereocenters. The lowest BCUT2D eigenvalue weighted by Gasteiger charge is -2.36. The SMILES string of the molecule is Cc1nc(C=CC(=O)N(Cc2ccc(-n3ccnn3)cc2)C(Cc2ccccc2)C(=O)N2CCc3ccccc3C2)c(C)o1. The zero-order chi connectivity index (χ0) is 30.5. The third kappa shape index (κ3) is 6.52. The third-order valence-electron chi connectivity index (χ3n) is 7.96. The Hall–Kier alpha value is -5.31. The van der Waals surface area contributed by atoms with Crippen molar-refractivity contribution in [2.24, 2.45) is 0 Å². The molecule has 9 nitrogen and oxygen atoms in total. The molecule has 0 bridgehead atoms. The number of hydrogen-bond acceptors (Lipinski definition) is 6. The molecule has 0 fully saturated rings. The van der Waals surface area contributed by atoms with E-state index in [4.69, 9.17) is 4.42 Å². The molecule has 9 heteroatoms. The van der Waals surface area contributed by atoms with E-state index in [-0.39, 0.29) is 18.4 Å². The van der Waals surface area contributed by atoms with E-state index in [0.717, 1.165) is 28.8 Å². The van der Waals surface area contributed by atoms with E-state index in [9.17, 15) is 9.59 Å². The van der Waals surface area contributed by atoms with Crippen LogP contribution >= 0.6 is 0 Å². The average Bonchev–Trinajstić information content (AvgIpc) is 3.71. The van der Waals surface area contributed by atoms with Gasteiger partial charge in [-0.25, -0.2) is 9.67 Å². The Morgan fingerprint density at radius 1 is 0.955 bits per heavy atom. The van der Waals surface area contributed by atoms with Gasteiger partial charge in [0.1, 0.15) is 17.5 Å². The standard InChI is InChI=1S/C35H34N6O3/c1-25-32(37-26(2)44-25)16-17-34(42)40(23-28-12-14-31(15-13-28)41-21-19-36-38-41)33(22-27-8-4-3-5-9-27)35(43)39-20-18-29-10-6-7-11-30(29)24-39/h3-17,19,21,33H,18,20,22-24H2,1-2H3. The van der Waals surface area contributed by atoms with Gasteiger partial charge < -0.3 is 14.2 Å². The second-order valence-corrected chi connectivity index (χ2v) is 11.0. The van der Waals surface area contributed by atoms with Crippen LogP contribution < -0.4 is 0 Å². The molecule has 0 saturated carbocycles. The zero-order valence-corrected chi connectivity index (χ0v) is 24.8. The van der Waals surface area contributed by atoms with Crippen LogP contribution in [-0.4, -0.2) is 54.2 Å². The van der Waals surface area contributed by atoms with Gasteiger partial charge in [-0.15, -0.1) is 5.10 Å². The lowest BCUT2D eigenvalue weighted by atomic mass is 9.97. The smallest absolute Gasteiger partial charge is 0.247 e. The van der Waals surface area contributed by atoms with Gasteiger partial charge in [-0.1, -0.05) is 71.9 Å². The summed E-state index contributed by atoms with van der Waals surface area (Å²) in [5, 5.41) is 7.95. The first-order valence-electron chi connectivity index (χ1n) is 14.7. The van der Waals surface area contributed by atoms with E-state index in [1.807, 2.05) is 78.6 Å². The molecule has 44 heavy (non-hydrogen) atoms. The maximum atomic E-state index is 14.5. The highest BCUT2D eigenvalue weighted by Crippen LogP contribution is 2.23. The normalized spacial score (nSPS) is 13.5. The summed E-state index contributed by atoms with van der Waals surface area (Å²) in [5.74, 6) is 0.807. The Morgan fingerprint density at radius 3 is 2.41 bits per heavy atom. The Bertz CT molecular complexity index is 1760. The number of aryl methyl sites for hydroxylation is 2. The van der Waals surface area contributed by atoms with Crippen molar-refractivity contribution in [3.63, 3.8) is 0 Å². The summed E-state index contributed by atoms with van der Waals surface area (Å²) in [4.78, 5) is 36.5. The highest BCUT2D eigenvalue weighted by Gasteiger charge is 2.34. The van der Waals surface area contributed by atoms with Gasteiger partial charge in [0.05, 0.1) is 18.1 Å². The average molecular weight is 587 g/mol. The van der Waals surface area contributed by atoms with Crippen molar-refractivity contribution in [3.8, 4) is 5.69 Å². The fourth-order valence-corrected chi connectivity index (χ4v) is 5.65. The van der Waals surface area contributed by atoms with Crippen molar-refractivity contribution in [2.75, 3.05) is 6.54 Å². The summed E-state index contributed by atoms with van der Waals surface area (Å²) >= 11 is 0. The van der Waals surface area contributed by atoms with Crippen LogP contribution in [0, 0.1) is 13.8 Å². The number of benzene rings is 3. The molecule has 0 radical (unpaired) electrons. The molecule has 0 spiro atoms. The van der Waals surface area contributed by atoms with Gasteiger partial charge in [0.25, 0.3) is 0 Å². The molecular weight excluding hydrogens is 552 g/mol. The fraction of sp³-hybridized carbons (Fsp3) is 0.229. The zero-order valence-electron chi connectivity index (χ0n) is 24.8.